The first-order valence-electron chi connectivity index (χ1n) is 10.3. The van der Waals surface area contributed by atoms with Gasteiger partial charge in [0.2, 0.25) is 0 Å². The van der Waals surface area contributed by atoms with E-state index in [9.17, 15) is 19.1 Å². The van der Waals surface area contributed by atoms with Gasteiger partial charge in [0.15, 0.2) is 12.7 Å². The Kier molecular flexibility index (Phi) is 6.44. The van der Waals surface area contributed by atoms with E-state index in [1.54, 1.807) is 43.3 Å². The van der Waals surface area contributed by atoms with E-state index in [0.29, 0.717) is 17.0 Å². The molecule has 1 heterocycles. The van der Waals surface area contributed by atoms with Gasteiger partial charge in [-0.25, -0.2) is 14.0 Å². The molecule has 1 saturated heterocycles. The number of esters is 1. The van der Waals surface area contributed by atoms with Crippen LogP contribution in [0.5, 0.6) is 11.5 Å². The maximum atomic E-state index is 13.4. The summed E-state index contributed by atoms with van der Waals surface area (Å²) in [6, 6.07) is 19.9. The molecule has 0 spiro atoms. The maximum absolute atomic E-state index is 13.4. The molecular formula is C25H22FNO6. The number of rotatable bonds is 7. The molecule has 0 saturated carbocycles. The molecule has 3 atom stereocenters. The lowest BCUT2D eigenvalue weighted by Gasteiger charge is -2.28. The summed E-state index contributed by atoms with van der Waals surface area (Å²) in [5, 5.41) is 9.68. The molecule has 1 unspecified atom stereocenters. The Balaban J connectivity index is 1.54. The fraction of sp³-hybridized carbons (Fsp3) is 0.200. The van der Waals surface area contributed by atoms with Gasteiger partial charge < -0.3 is 19.3 Å². The van der Waals surface area contributed by atoms with Gasteiger partial charge in [-0.05, 0) is 61.0 Å². The average Bonchev–Trinajstić information content (AvgIpc) is 3.16. The highest BCUT2D eigenvalue weighted by atomic mass is 19.1. The van der Waals surface area contributed by atoms with Crippen LogP contribution in [0.15, 0.2) is 78.9 Å². The van der Waals surface area contributed by atoms with Crippen LogP contribution in [0, 0.1) is 5.82 Å². The second-order valence-electron chi connectivity index (χ2n) is 7.53. The summed E-state index contributed by atoms with van der Waals surface area (Å²) < 4.78 is 30.0. The number of carbonyl (C=O) groups is 2. The lowest BCUT2D eigenvalue weighted by molar-refractivity contribution is -0.155. The van der Waals surface area contributed by atoms with Crippen molar-refractivity contribution in [1.82, 2.24) is 0 Å². The van der Waals surface area contributed by atoms with Crippen molar-refractivity contribution in [2.45, 2.75) is 25.2 Å². The summed E-state index contributed by atoms with van der Waals surface area (Å²) in [6.45, 7) is 1.32. The Labute approximate surface area is 189 Å². The molecule has 1 aliphatic heterocycles. The minimum atomic E-state index is -0.854. The van der Waals surface area contributed by atoms with Crippen LogP contribution in [0.3, 0.4) is 0 Å². The van der Waals surface area contributed by atoms with E-state index in [0.717, 1.165) is 0 Å². The number of benzene rings is 3. The first kappa shape index (κ1) is 22.1. The molecular weight excluding hydrogens is 429 g/mol. The smallest absolute Gasteiger partial charge is 0.415 e. The number of phenolic OH excluding ortho intramolecular Hbond substituents is 1. The Morgan fingerprint density at radius 3 is 2.39 bits per heavy atom. The molecule has 170 valence electrons. The Morgan fingerprint density at radius 2 is 1.73 bits per heavy atom. The van der Waals surface area contributed by atoms with Crippen LogP contribution >= 0.6 is 0 Å². The number of para-hydroxylation sites is 1. The molecule has 1 aliphatic rings. The van der Waals surface area contributed by atoms with Crippen molar-refractivity contribution in [3.05, 3.63) is 90.2 Å². The molecule has 1 amide bonds. The predicted molar refractivity (Wildman–Crippen MR) is 117 cm³/mol. The van der Waals surface area contributed by atoms with Gasteiger partial charge in [0.1, 0.15) is 29.5 Å². The van der Waals surface area contributed by atoms with Gasteiger partial charge in [0, 0.05) is 5.69 Å². The quantitative estimate of drug-likeness (QED) is 0.528. The topological polar surface area (TPSA) is 85.3 Å². The molecule has 3 aromatic rings. The van der Waals surface area contributed by atoms with E-state index in [1.807, 2.05) is 6.07 Å². The molecule has 3 aromatic carbocycles. The lowest BCUT2D eigenvalue weighted by Crippen LogP contribution is -2.37. The van der Waals surface area contributed by atoms with E-state index in [-0.39, 0.29) is 12.4 Å². The van der Waals surface area contributed by atoms with E-state index in [2.05, 4.69) is 0 Å². The van der Waals surface area contributed by atoms with Crippen LogP contribution in [-0.2, 0) is 14.3 Å². The van der Waals surface area contributed by atoms with Crippen molar-refractivity contribution in [3.63, 3.8) is 0 Å². The zero-order valence-corrected chi connectivity index (χ0v) is 17.8. The predicted octanol–water partition coefficient (Wildman–Crippen LogP) is 4.61. The highest BCUT2D eigenvalue weighted by Crippen LogP contribution is 2.39. The van der Waals surface area contributed by atoms with Crippen molar-refractivity contribution < 1.29 is 33.3 Å². The Bertz CT molecular complexity index is 1100. The number of aromatic hydroxyl groups is 1. The summed E-state index contributed by atoms with van der Waals surface area (Å²) >= 11 is 0. The van der Waals surface area contributed by atoms with Crippen molar-refractivity contribution in [2.24, 2.45) is 0 Å². The molecule has 0 aromatic heterocycles. The van der Waals surface area contributed by atoms with Gasteiger partial charge in [-0.1, -0.05) is 30.3 Å². The summed E-state index contributed by atoms with van der Waals surface area (Å²) in [7, 11) is 0. The van der Waals surface area contributed by atoms with Crippen LogP contribution in [0.2, 0.25) is 0 Å². The van der Waals surface area contributed by atoms with Gasteiger partial charge in [-0.15, -0.1) is 0 Å². The summed E-state index contributed by atoms with van der Waals surface area (Å²) in [5.74, 6) is -0.470. The highest BCUT2D eigenvalue weighted by molar-refractivity contribution is 5.91. The zero-order chi connectivity index (χ0) is 23.4. The third-order valence-electron chi connectivity index (χ3n) is 5.24. The third-order valence-corrected chi connectivity index (χ3v) is 5.24. The second-order valence-corrected chi connectivity index (χ2v) is 7.53. The van der Waals surface area contributed by atoms with Crippen molar-refractivity contribution >= 4 is 17.7 Å². The number of cyclic esters (lactones) is 1. The molecule has 0 radical (unpaired) electrons. The fourth-order valence-corrected chi connectivity index (χ4v) is 3.70. The minimum Gasteiger partial charge on any atom is -0.508 e. The van der Waals surface area contributed by atoms with Crippen LogP contribution in [-0.4, -0.2) is 36.0 Å². The number of halogens is 1. The van der Waals surface area contributed by atoms with Crippen LogP contribution in [0.1, 0.15) is 18.5 Å². The van der Waals surface area contributed by atoms with Crippen molar-refractivity contribution in [3.8, 4) is 11.5 Å². The molecule has 1 fully saturated rings. The standard InChI is InChI=1S/C25H22FNO6/c1-16(32-22(29)15-31-21-5-3-2-4-6-21)24-23(17-7-13-20(28)14-8-17)27(25(30)33-24)19-11-9-18(26)10-12-19/h2-14,16,23-24,28H,15H2,1H3/t16?,23-,24-/m1/s1. The molecule has 1 N–H and O–H groups in total. The number of amides is 1. The summed E-state index contributed by atoms with van der Waals surface area (Å²) in [6.07, 6.45) is -2.33. The monoisotopic (exact) mass is 451 g/mol. The van der Waals surface area contributed by atoms with E-state index in [1.165, 1.54) is 41.3 Å². The first-order valence-corrected chi connectivity index (χ1v) is 10.3. The Morgan fingerprint density at radius 1 is 1.06 bits per heavy atom. The molecule has 0 bridgehead atoms. The number of hydrogen-bond acceptors (Lipinski definition) is 6. The number of ether oxygens (including phenoxy) is 3. The molecule has 4 rings (SSSR count). The van der Waals surface area contributed by atoms with Crippen LogP contribution in [0.4, 0.5) is 14.9 Å². The average molecular weight is 451 g/mol. The van der Waals surface area contributed by atoms with Crippen LogP contribution in [0.25, 0.3) is 0 Å². The van der Waals surface area contributed by atoms with Crippen molar-refractivity contribution in [1.29, 1.82) is 0 Å². The van der Waals surface area contributed by atoms with E-state index >= 15 is 0 Å². The number of carbonyl (C=O) groups excluding carboxylic acids is 2. The van der Waals surface area contributed by atoms with Gasteiger partial charge in [0.25, 0.3) is 0 Å². The van der Waals surface area contributed by atoms with Gasteiger partial charge >= 0.3 is 12.1 Å². The number of anilines is 1. The van der Waals surface area contributed by atoms with Gasteiger partial charge in [0.05, 0.1) is 0 Å². The van der Waals surface area contributed by atoms with Gasteiger partial charge in [-0.3, -0.25) is 4.90 Å². The van der Waals surface area contributed by atoms with Crippen LogP contribution < -0.4 is 9.64 Å². The molecule has 33 heavy (non-hydrogen) atoms. The molecule has 8 heteroatoms. The normalized spacial score (nSPS) is 18.5. The number of hydrogen-bond donors (Lipinski definition) is 1. The van der Waals surface area contributed by atoms with Gasteiger partial charge in [-0.2, -0.15) is 0 Å². The molecule has 0 aliphatic carbocycles. The maximum Gasteiger partial charge on any atom is 0.415 e. The largest absolute Gasteiger partial charge is 0.508 e. The lowest BCUT2D eigenvalue weighted by atomic mass is 9.97. The van der Waals surface area contributed by atoms with E-state index < -0.39 is 36.1 Å². The van der Waals surface area contributed by atoms with Crippen molar-refractivity contribution in [2.75, 3.05) is 11.5 Å². The fourth-order valence-electron chi connectivity index (χ4n) is 3.70. The summed E-state index contributed by atoms with van der Waals surface area (Å²) in [4.78, 5) is 26.6. The second kappa shape index (κ2) is 9.60. The third kappa shape index (κ3) is 5.06. The summed E-state index contributed by atoms with van der Waals surface area (Å²) in [5.41, 5.74) is 1.07. The minimum absolute atomic E-state index is 0.0615. The Hall–Kier alpha value is -4.07. The molecule has 7 nitrogen and oxygen atoms in total. The highest BCUT2D eigenvalue weighted by Gasteiger charge is 2.47. The SMILES string of the molecule is CC(OC(=O)COc1ccccc1)[C@H]1OC(=O)N(c2ccc(F)cc2)[C@@H]1c1ccc(O)cc1. The van der Waals surface area contributed by atoms with E-state index in [4.69, 9.17) is 14.2 Å². The zero-order valence-electron chi connectivity index (χ0n) is 17.8. The number of nitrogens with zero attached hydrogens (tertiary/aromatic N) is 1. The number of phenols is 1. The first-order chi connectivity index (χ1) is 15.9.